The van der Waals surface area contributed by atoms with E-state index in [2.05, 4.69) is 40.3 Å². The van der Waals surface area contributed by atoms with Gasteiger partial charge in [-0.05, 0) is 49.6 Å². The zero-order chi connectivity index (χ0) is 20.3. The Morgan fingerprint density at radius 1 is 1.17 bits per heavy atom. The monoisotopic (exact) mass is 395 g/mol. The third kappa shape index (κ3) is 3.51. The Labute approximate surface area is 174 Å². The van der Waals surface area contributed by atoms with Gasteiger partial charge in [-0.25, -0.2) is 9.67 Å². The van der Waals surface area contributed by atoms with Crippen LogP contribution in [0, 0.1) is 11.8 Å². The molecule has 4 aromatic rings. The normalized spacial score (nSPS) is 15.8. The highest BCUT2D eigenvalue weighted by Crippen LogP contribution is 2.31. The highest BCUT2D eigenvalue weighted by Gasteiger charge is 2.21. The predicted molar refractivity (Wildman–Crippen MR) is 116 cm³/mol. The van der Waals surface area contributed by atoms with Crippen LogP contribution in [0.3, 0.4) is 0 Å². The Morgan fingerprint density at radius 2 is 2.13 bits per heavy atom. The van der Waals surface area contributed by atoms with Crippen molar-refractivity contribution in [3.8, 4) is 28.9 Å². The number of hydrogen-bond donors (Lipinski definition) is 2. The Hall–Kier alpha value is -3.69. The highest BCUT2D eigenvalue weighted by atomic mass is 16.2. The minimum Gasteiger partial charge on any atom is -0.384 e. The molecule has 6 heteroatoms. The van der Waals surface area contributed by atoms with Crippen molar-refractivity contribution in [3.05, 3.63) is 72.2 Å². The van der Waals surface area contributed by atoms with Crippen LogP contribution >= 0.6 is 0 Å². The summed E-state index contributed by atoms with van der Waals surface area (Å²) < 4.78 is 1.92. The second-order valence-corrected chi connectivity index (χ2v) is 7.37. The lowest BCUT2D eigenvalue weighted by Gasteiger charge is -2.13. The molecule has 1 unspecified atom stereocenters. The lowest BCUT2D eigenvalue weighted by molar-refractivity contribution is 0.350. The topological polar surface area (TPSA) is 79.6 Å². The van der Waals surface area contributed by atoms with Gasteiger partial charge in [0.25, 0.3) is 0 Å². The van der Waals surface area contributed by atoms with E-state index in [-0.39, 0.29) is 6.61 Å². The molecule has 0 fully saturated rings. The smallest absolute Gasteiger partial charge is 0.163 e. The van der Waals surface area contributed by atoms with Crippen molar-refractivity contribution in [1.82, 2.24) is 25.0 Å². The minimum atomic E-state index is -0.162. The Morgan fingerprint density at radius 3 is 3.00 bits per heavy atom. The van der Waals surface area contributed by atoms with Crippen LogP contribution in [0.25, 0.3) is 28.0 Å². The predicted octanol–water partition coefficient (Wildman–Crippen LogP) is 3.98. The molecule has 0 radical (unpaired) electrons. The van der Waals surface area contributed by atoms with Crippen molar-refractivity contribution in [1.29, 1.82) is 0 Å². The van der Waals surface area contributed by atoms with E-state index in [4.69, 9.17) is 15.2 Å². The van der Waals surface area contributed by atoms with E-state index in [1.54, 1.807) is 0 Å². The van der Waals surface area contributed by atoms with E-state index in [0.717, 1.165) is 58.6 Å². The molecule has 1 aliphatic carbocycles. The Balaban J connectivity index is 1.64. The summed E-state index contributed by atoms with van der Waals surface area (Å²) in [5.41, 5.74) is 3.70. The summed E-state index contributed by atoms with van der Waals surface area (Å²) in [6, 6.07) is 14.0. The van der Waals surface area contributed by atoms with Crippen LogP contribution in [0.5, 0.6) is 0 Å². The van der Waals surface area contributed by atoms with Gasteiger partial charge in [-0.15, -0.1) is 0 Å². The van der Waals surface area contributed by atoms with Crippen LogP contribution in [-0.2, 0) is 0 Å². The first-order valence-corrected chi connectivity index (χ1v) is 10.1. The summed E-state index contributed by atoms with van der Waals surface area (Å²) in [5, 5.41) is 22.1. The number of allylic oxidation sites excluding steroid dienone is 2. The molecular formula is C24H21N5O. The first kappa shape index (κ1) is 18.3. The van der Waals surface area contributed by atoms with E-state index in [1.165, 1.54) is 0 Å². The number of fused-ring (bicyclic) bond motifs is 1. The fourth-order valence-electron chi connectivity index (χ4n) is 3.84. The fraction of sp³-hybridized carbons (Fsp3) is 0.208. The maximum absolute atomic E-state index is 9.01. The quantitative estimate of drug-likeness (QED) is 0.406. The average molecular weight is 395 g/mol. The molecule has 0 amide bonds. The molecule has 0 aliphatic heterocycles. The number of H-pyrrole nitrogens is 1. The molecule has 30 heavy (non-hydrogen) atoms. The molecule has 0 bridgehead atoms. The Bertz CT molecular complexity index is 1290. The molecular weight excluding hydrogens is 374 g/mol. The van der Waals surface area contributed by atoms with Gasteiger partial charge in [0, 0.05) is 22.4 Å². The maximum atomic E-state index is 9.01. The summed E-state index contributed by atoms with van der Waals surface area (Å²) in [6.07, 6.45) is 9.34. The molecule has 2 aromatic carbocycles. The third-order valence-corrected chi connectivity index (χ3v) is 5.36. The van der Waals surface area contributed by atoms with Crippen molar-refractivity contribution < 1.29 is 5.11 Å². The van der Waals surface area contributed by atoms with Gasteiger partial charge >= 0.3 is 0 Å². The first-order valence-electron chi connectivity index (χ1n) is 10.1. The van der Waals surface area contributed by atoms with E-state index in [0.29, 0.717) is 5.92 Å². The van der Waals surface area contributed by atoms with Gasteiger partial charge in [0.2, 0.25) is 0 Å². The molecule has 5 rings (SSSR count). The van der Waals surface area contributed by atoms with Crippen LogP contribution in [0.1, 0.15) is 36.6 Å². The average Bonchev–Trinajstić information content (AvgIpc) is 3.45. The standard InChI is InChI=1S/C24H21N5O/c30-13-5-7-17-6-4-10-19(14-17)24-26-23(18-8-2-1-3-9-18)28-29(24)21-11-12-22-20(15-21)16-25-27-22/h1-2,4,6,10-12,14-16,18,30H,3,8-9,13H2,(H,25,27). The number of aliphatic hydroxyl groups excluding tert-OH is 1. The van der Waals surface area contributed by atoms with Gasteiger partial charge in [-0.2, -0.15) is 10.2 Å². The van der Waals surface area contributed by atoms with Gasteiger partial charge < -0.3 is 5.11 Å². The van der Waals surface area contributed by atoms with Crippen LogP contribution < -0.4 is 0 Å². The SMILES string of the molecule is OCC#Cc1cccc(-c2nc(C3CC=CCC3)nn2-c2ccc3[nH]ncc3c2)c1. The maximum Gasteiger partial charge on any atom is 0.163 e. The second-order valence-electron chi connectivity index (χ2n) is 7.37. The number of aromatic nitrogens is 5. The van der Waals surface area contributed by atoms with Crippen molar-refractivity contribution in [2.24, 2.45) is 0 Å². The summed E-state index contributed by atoms with van der Waals surface area (Å²) >= 11 is 0. The minimum absolute atomic E-state index is 0.162. The van der Waals surface area contributed by atoms with Crippen LogP contribution in [0.4, 0.5) is 0 Å². The molecule has 148 valence electrons. The summed E-state index contributed by atoms with van der Waals surface area (Å²) in [7, 11) is 0. The molecule has 6 nitrogen and oxygen atoms in total. The summed E-state index contributed by atoms with van der Waals surface area (Å²) in [6.45, 7) is -0.162. The third-order valence-electron chi connectivity index (χ3n) is 5.36. The van der Waals surface area contributed by atoms with E-state index in [9.17, 15) is 0 Å². The lowest BCUT2D eigenvalue weighted by Crippen LogP contribution is -2.04. The molecule has 1 aliphatic rings. The molecule has 1 atom stereocenters. The fourth-order valence-corrected chi connectivity index (χ4v) is 3.84. The van der Waals surface area contributed by atoms with Gasteiger partial charge in [0.1, 0.15) is 6.61 Å². The molecule has 0 spiro atoms. The molecule has 2 N–H and O–H groups in total. The summed E-state index contributed by atoms with van der Waals surface area (Å²) in [5.74, 6) is 7.66. The van der Waals surface area contributed by atoms with Crippen LogP contribution in [0.2, 0.25) is 0 Å². The van der Waals surface area contributed by atoms with E-state index >= 15 is 0 Å². The van der Waals surface area contributed by atoms with Crippen LogP contribution in [0.15, 0.2) is 60.8 Å². The highest BCUT2D eigenvalue weighted by molar-refractivity contribution is 5.80. The molecule has 2 aromatic heterocycles. The van der Waals surface area contributed by atoms with Crippen LogP contribution in [-0.4, -0.2) is 36.7 Å². The van der Waals surface area contributed by atoms with Crippen molar-refractivity contribution in [3.63, 3.8) is 0 Å². The van der Waals surface area contributed by atoms with E-state index in [1.807, 2.05) is 47.3 Å². The van der Waals surface area contributed by atoms with E-state index < -0.39 is 0 Å². The number of benzene rings is 2. The van der Waals surface area contributed by atoms with Crippen molar-refractivity contribution in [2.75, 3.05) is 6.61 Å². The lowest BCUT2D eigenvalue weighted by atomic mass is 9.94. The molecule has 0 saturated carbocycles. The van der Waals surface area contributed by atoms with Gasteiger partial charge in [-0.3, -0.25) is 5.10 Å². The zero-order valence-electron chi connectivity index (χ0n) is 16.4. The van der Waals surface area contributed by atoms with Gasteiger partial charge in [0.05, 0.1) is 17.4 Å². The zero-order valence-corrected chi connectivity index (χ0v) is 16.4. The molecule has 2 heterocycles. The molecule has 0 saturated heterocycles. The number of hydrogen-bond acceptors (Lipinski definition) is 4. The Kier molecular flexibility index (Phi) is 4.88. The van der Waals surface area contributed by atoms with Gasteiger partial charge in [0.15, 0.2) is 11.6 Å². The summed E-state index contributed by atoms with van der Waals surface area (Å²) in [4.78, 5) is 4.97. The number of nitrogens with zero attached hydrogens (tertiary/aromatic N) is 4. The second kappa shape index (κ2) is 7.97. The van der Waals surface area contributed by atoms with Crippen molar-refractivity contribution in [2.45, 2.75) is 25.2 Å². The number of aromatic amines is 1. The number of aliphatic hydroxyl groups is 1. The van der Waals surface area contributed by atoms with Crippen molar-refractivity contribution >= 4 is 10.9 Å². The number of nitrogens with one attached hydrogen (secondary N) is 1. The largest absolute Gasteiger partial charge is 0.384 e. The number of rotatable bonds is 3. The van der Waals surface area contributed by atoms with Gasteiger partial charge in [-0.1, -0.05) is 36.1 Å². The first-order chi connectivity index (χ1) is 14.8.